The maximum absolute atomic E-state index is 13.0. The van der Waals surface area contributed by atoms with Crippen molar-refractivity contribution in [2.24, 2.45) is 0 Å². The second-order valence-corrected chi connectivity index (χ2v) is 7.31. The third-order valence-corrected chi connectivity index (χ3v) is 5.19. The van der Waals surface area contributed by atoms with Crippen LogP contribution < -0.4 is 14.2 Å². The zero-order valence-electron chi connectivity index (χ0n) is 18.3. The molecule has 3 rings (SSSR count). The minimum atomic E-state index is -1.26. The topological polar surface area (TPSA) is 102 Å². The van der Waals surface area contributed by atoms with Gasteiger partial charge in [-0.2, -0.15) is 0 Å². The van der Waals surface area contributed by atoms with Gasteiger partial charge >= 0.3 is 11.9 Å². The molecule has 3 aromatic carbocycles. The number of ether oxygens (including phenoxy) is 3. The molecule has 0 aliphatic rings. The summed E-state index contributed by atoms with van der Waals surface area (Å²) in [5.41, 5.74) is 2.32. The van der Waals surface area contributed by atoms with Crippen molar-refractivity contribution < 1.29 is 34.0 Å². The highest BCUT2D eigenvalue weighted by atomic mass is 16.5. The zero-order valence-corrected chi connectivity index (χ0v) is 18.3. The number of rotatable bonds is 7. The number of carbonyl (C=O) groups excluding carboxylic acids is 1. The number of esters is 1. The average Bonchev–Trinajstić information content (AvgIpc) is 2.75. The molecule has 7 nitrogen and oxygen atoms in total. The molecule has 0 atom stereocenters. The Morgan fingerprint density at radius 1 is 0.906 bits per heavy atom. The molecule has 0 saturated carbocycles. The van der Waals surface area contributed by atoms with Crippen LogP contribution in [0.3, 0.4) is 0 Å². The van der Waals surface area contributed by atoms with Crippen molar-refractivity contribution in [3.8, 4) is 23.0 Å². The maximum atomic E-state index is 13.0. The van der Waals surface area contributed by atoms with Crippen LogP contribution in [0.5, 0.6) is 23.0 Å². The van der Waals surface area contributed by atoms with Crippen LogP contribution in [0.15, 0.2) is 48.5 Å². The SMILES string of the molecule is COc1cc(OCc2ccccc2)cc(C)c1C(=O)Oc1cc(O)c(C(=O)O)c(C)c1C. The number of aromatic hydroxyl groups is 1. The van der Waals surface area contributed by atoms with E-state index in [4.69, 9.17) is 14.2 Å². The van der Waals surface area contributed by atoms with E-state index in [1.54, 1.807) is 32.9 Å². The number of phenols is 1. The summed E-state index contributed by atoms with van der Waals surface area (Å²) >= 11 is 0. The molecule has 3 aromatic rings. The molecule has 0 fully saturated rings. The predicted octanol–water partition coefficient (Wildman–Crippen LogP) is 4.82. The Labute approximate surface area is 185 Å². The molecule has 2 N–H and O–H groups in total. The molecule has 32 heavy (non-hydrogen) atoms. The summed E-state index contributed by atoms with van der Waals surface area (Å²) < 4.78 is 16.7. The van der Waals surface area contributed by atoms with Gasteiger partial charge in [0.15, 0.2) is 0 Å². The first-order chi connectivity index (χ1) is 15.2. The molecule has 0 aliphatic heterocycles. The predicted molar refractivity (Wildman–Crippen MR) is 118 cm³/mol. The summed E-state index contributed by atoms with van der Waals surface area (Å²) in [6.45, 7) is 5.26. The summed E-state index contributed by atoms with van der Waals surface area (Å²) in [6.07, 6.45) is 0. The van der Waals surface area contributed by atoms with E-state index in [1.165, 1.54) is 7.11 Å². The average molecular weight is 436 g/mol. The van der Waals surface area contributed by atoms with Crippen LogP contribution in [0.25, 0.3) is 0 Å². The van der Waals surface area contributed by atoms with Gasteiger partial charge in [0.2, 0.25) is 0 Å². The van der Waals surface area contributed by atoms with Gasteiger partial charge < -0.3 is 24.4 Å². The molecule has 0 bridgehead atoms. The van der Waals surface area contributed by atoms with Crippen molar-refractivity contribution in [1.29, 1.82) is 0 Å². The first-order valence-electron chi connectivity index (χ1n) is 9.87. The highest BCUT2D eigenvalue weighted by Gasteiger charge is 2.23. The van der Waals surface area contributed by atoms with Crippen molar-refractivity contribution in [3.63, 3.8) is 0 Å². The lowest BCUT2D eigenvalue weighted by Gasteiger charge is -2.16. The number of carboxylic acid groups (broad SMARTS) is 1. The monoisotopic (exact) mass is 436 g/mol. The van der Waals surface area contributed by atoms with Crippen molar-refractivity contribution in [2.75, 3.05) is 7.11 Å². The number of aromatic carboxylic acids is 1. The van der Waals surface area contributed by atoms with Crippen molar-refractivity contribution in [3.05, 3.63) is 81.9 Å². The lowest BCUT2D eigenvalue weighted by molar-refractivity contribution is 0.0692. The highest BCUT2D eigenvalue weighted by Crippen LogP contribution is 2.34. The van der Waals surface area contributed by atoms with Crippen LogP contribution in [-0.4, -0.2) is 29.3 Å². The van der Waals surface area contributed by atoms with Gasteiger partial charge in [0.25, 0.3) is 0 Å². The summed E-state index contributed by atoms with van der Waals surface area (Å²) in [5, 5.41) is 19.4. The van der Waals surface area contributed by atoms with Crippen molar-refractivity contribution in [2.45, 2.75) is 27.4 Å². The Bertz CT molecular complexity index is 1170. The van der Waals surface area contributed by atoms with Gasteiger partial charge in [-0.05, 0) is 49.1 Å². The number of carboxylic acids is 1. The third kappa shape index (κ3) is 4.67. The molecule has 0 heterocycles. The summed E-state index contributed by atoms with van der Waals surface area (Å²) in [7, 11) is 1.44. The number of benzene rings is 3. The molecule has 166 valence electrons. The van der Waals surface area contributed by atoms with E-state index in [1.807, 2.05) is 30.3 Å². The van der Waals surface area contributed by atoms with Crippen LogP contribution >= 0.6 is 0 Å². The van der Waals surface area contributed by atoms with Gasteiger partial charge in [0.05, 0.1) is 7.11 Å². The van der Waals surface area contributed by atoms with Crippen LogP contribution in [0.4, 0.5) is 0 Å². The molecule has 0 amide bonds. The second-order valence-electron chi connectivity index (χ2n) is 7.31. The molecular formula is C25H24O7. The molecule has 0 saturated heterocycles. The Kier molecular flexibility index (Phi) is 6.68. The third-order valence-electron chi connectivity index (χ3n) is 5.19. The fraction of sp³-hybridized carbons (Fsp3) is 0.200. The van der Waals surface area contributed by atoms with E-state index in [9.17, 15) is 19.8 Å². The molecule has 0 unspecified atom stereocenters. The standard InChI is InChI=1S/C25H24O7/c1-14-10-18(31-13-17-8-6-5-7-9-17)11-21(30-4)22(14)25(29)32-20-12-19(26)23(24(27)28)16(3)15(20)2/h5-12,26H,13H2,1-4H3,(H,27,28). The molecule has 0 radical (unpaired) electrons. The van der Waals surface area contributed by atoms with E-state index in [0.717, 1.165) is 11.6 Å². The second kappa shape index (κ2) is 9.43. The first-order valence-corrected chi connectivity index (χ1v) is 9.87. The summed E-state index contributed by atoms with van der Waals surface area (Å²) in [4.78, 5) is 24.3. The van der Waals surface area contributed by atoms with Gasteiger partial charge in [0.1, 0.15) is 40.7 Å². The number of methoxy groups -OCH3 is 1. The molecule has 0 aromatic heterocycles. The number of aryl methyl sites for hydroxylation is 1. The number of hydrogen-bond acceptors (Lipinski definition) is 6. The summed E-state index contributed by atoms with van der Waals surface area (Å²) in [5.74, 6) is -1.55. The molecular weight excluding hydrogens is 412 g/mol. The van der Waals surface area contributed by atoms with Crippen molar-refractivity contribution in [1.82, 2.24) is 0 Å². The quantitative estimate of drug-likeness (QED) is 0.404. The lowest BCUT2D eigenvalue weighted by Crippen LogP contribution is -2.14. The Hall–Kier alpha value is -4.00. The first kappa shape index (κ1) is 22.7. The van der Waals surface area contributed by atoms with Gasteiger partial charge in [-0.25, -0.2) is 9.59 Å². The number of hydrogen-bond donors (Lipinski definition) is 2. The van der Waals surface area contributed by atoms with Crippen LogP contribution in [0, 0.1) is 20.8 Å². The minimum absolute atomic E-state index is 0.0702. The zero-order chi connectivity index (χ0) is 23.4. The summed E-state index contributed by atoms with van der Waals surface area (Å²) in [6, 6.07) is 14.1. The fourth-order valence-electron chi connectivity index (χ4n) is 3.37. The van der Waals surface area contributed by atoms with Crippen molar-refractivity contribution >= 4 is 11.9 Å². The van der Waals surface area contributed by atoms with Gasteiger partial charge in [-0.3, -0.25) is 0 Å². The van der Waals surface area contributed by atoms with Gasteiger partial charge in [0, 0.05) is 12.1 Å². The van der Waals surface area contributed by atoms with E-state index < -0.39 is 17.7 Å². The molecule has 7 heteroatoms. The van der Waals surface area contributed by atoms with E-state index in [0.29, 0.717) is 29.0 Å². The highest BCUT2D eigenvalue weighted by molar-refractivity contribution is 5.97. The van der Waals surface area contributed by atoms with Gasteiger partial charge in [-0.1, -0.05) is 30.3 Å². The fourth-order valence-corrected chi connectivity index (χ4v) is 3.37. The smallest absolute Gasteiger partial charge is 0.347 e. The normalized spacial score (nSPS) is 10.5. The van der Waals surface area contributed by atoms with E-state index in [-0.39, 0.29) is 22.6 Å². The lowest BCUT2D eigenvalue weighted by atomic mass is 10.0. The largest absolute Gasteiger partial charge is 0.507 e. The Morgan fingerprint density at radius 2 is 1.59 bits per heavy atom. The number of carbonyl (C=O) groups is 2. The van der Waals surface area contributed by atoms with Crippen LogP contribution in [-0.2, 0) is 6.61 Å². The minimum Gasteiger partial charge on any atom is -0.507 e. The Morgan fingerprint density at radius 3 is 2.22 bits per heavy atom. The van der Waals surface area contributed by atoms with Crippen LogP contribution in [0.1, 0.15) is 43.0 Å². The van der Waals surface area contributed by atoms with E-state index in [2.05, 4.69) is 0 Å². The molecule has 0 aliphatic carbocycles. The van der Waals surface area contributed by atoms with Gasteiger partial charge in [-0.15, -0.1) is 0 Å². The van der Waals surface area contributed by atoms with Crippen LogP contribution in [0.2, 0.25) is 0 Å². The molecule has 0 spiro atoms. The maximum Gasteiger partial charge on any atom is 0.347 e. The Balaban J connectivity index is 1.87. The van der Waals surface area contributed by atoms with E-state index >= 15 is 0 Å².